The van der Waals surface area contributed by atoms with Crippen LogP contribution in [0.15, 0.2) is 0 Å². The molecule has 0 saturated heterocycles. The fourth-order valence-electron chi connectivity index (χ4n) is 0.794. The van der Waals surface area contributed by atoms with Crippen molar-refractivity contribution in [1.29, 1.82) is 0 Å². The molecule has 3 nitrogen and oxygen atoms in total. The van der Waals surface area contributed by atoms with Gasteiger partial charge in [0, 0.05) is 6.92 Å². The molecule has 0 radical (unpaired) electrons. The summed E-state index contributed by atoms with van der Waals surface area (Å²) in [5.74, 6) is -0.241. The Morgan fingerprint density at radius 3 is 2.55 bits per heavy atom. The predicted octanol–water partition coefficient (Wildman–Crippen LogP) is 1.12. The molecular weight excluding hydrogens is 144 g/mol. The van der Waals surface area contributed by atoms with Crippen LogP contribution in [0, 0.1) is 0 Å². The minimum Gasteiger partial charge on any atom is -0.463 e. The first-order valence-corrected chi connectivity index (χ1v) is 3.90. The molecule has 0 aliphatic heterocycles. The van der Waals surface area contributed by atoms with Crippen LogP contribution in [0.4, 0.5) is 0 Å². The van der Waals surface area contributed by atoms with Crippen molar-refractivity contribution in [2.45, 2.75) is 32.3 Å². The summed E-state index contributed by atoms with van der Waals surface area (Å²) in [6.07, 6.45) is 2.26. The highest BCUT2D eigenvalue weighted by Crippen LogP contribution is 2.38. The van der Waals surface area contributed by atoms with Crippen LogP contribution in [0.5, 0.6) is 0 Å². The van der Waals surface area contributed by atoms with Gasteiger partial charge in [-0.05, 0) is 19.8 Å². The number of hydrogen-bond acceptors (Lipinski definition) is 3. The lowest BCUT2D eigenvalue weighted by Crippen LogP contribution is -2.14. The first kappa shape index (κ1) is 8.53. The minimum atomic E-state index is -0.241. The maximum atomic E-state index is 10.3. The first-order valence-electron chi connectivity index (χ1n) is 3.90. The number of ether oxygens (including phenoxy) is 2. The Hall–Kier alpha value is -0.570. The number of esters is 1. The van der Waals surface area contributed by atoms with Gasteiger partial charge in [0.05, 0.1) is 12.2 Å². The maximum Gasteiger partial charge on any atom is 0.302 e. The lowest BCUT2D eigenvalue weighted by molar-refractivity contribution is -0.143. The molecule has 0 atom stereocenters. The van der Waals surface area contributed by atoms with E-state index in [0.717, 1.165) is 12.8 Å². The van der Waals surface area contributed by atoms with Crippen LogP contribution in [-0.4, -0.2) is 24.8 Å². The predicted molar refractivity (Wildman–Crippen MR) is 40.2 cm³/mol. The average Bonchev–Trinajstić information content (AvgIpc) is 2.62. The molecule has 64 valence electrons. The maximum absolute atomic E-state index is 10.3. The Bertz CT molecular complexity index is 149. The van der Waals surface area contributed by atoms with Gasteiger partial charge < -0.3 is 9.47 Å². The van der Waals surface area contributed by atoms with Crippen LogP contribution < -0.4 is 0 Å². The molecule has 0 heterocycles. The van der Waals surface area contributed by atoms with Gasteiger partial charge in [-0.3, -0.25) is 4.79 Å². The summed E-state index contributed by atoms with van der Waals surface area (Å²) in [7, 11) is 0. The highest BCUT2D eigenvalue weighted by molar-refractivity contribution is 5.65. The van der Waals surface area contributed by atoms with E-state index < -0.39 is 0 Å². The Morgan fingerprint density at radius 2 is 2.09 bits per heavy atom. The van der Waals surface area contributed by atoms with Crippen LogP contribution in [0.25, 0.3) is 0 Å². The zero-order valence-electron chi connectivity index (χ0n) is 7.05. The van der Waals surface area contributed by atoms with Crippen LogP contribution in [-0.2, 0) is 14.3 Å². The van der Waals surface area contributed by atoms with E-state index in [0.29, 0.717) is 13.2 Å². The normalized spacial score (nSPS) is 19.5. The van der Waals surface area contributed by atoms with Gasteiger partial charge in [0.25, 0.3) is 0 Å². The number of carbonyl (C=O) groups excluding carboxylic acids is 1. The summed E-state index contributed by atoms with van der Waals surface area (Å²) < 4.78 is 10.1. The molecule has 1 rings (SSSR count). The van der Waals surface area contributed by atoms with E-state index in [9.17, 15) is 4.79 Å². The molecule has 1 aliphatic carbocycles. The Kier molecular flexibility index (Phi) is 2.49. The number of rotatable bonds is 4. The molecular formula is C8H14O3. The van der Waals surface area contributed by atoms with Gasteiger partial charge >= 0.3 is 5.97 Å². The Labute approximate surface area is 66.7 Å². The molecule has 0 spiro atoms. The molecule has 0 N–H and O–H groups in total. The second-order valence-corrected chi connectivity index (χ2v) is 3.14. The minimum absolute atomic E-state index is 0.0974. The molecule has 1 fully saturated rings. The van der Waals surface area contributed by atoms with Crippen molar-refractivity contribution in [1.82, 2.24) is 0 Å². The van der Waals surface area contributed by atoms with Gasteiger partial charge in [0.1, 0.15) is 6.61 Å². The van der Waals surface area contributed by atoms with Gasteiger partial charge in [-0.25, -0.2) is 0 Å². The Morgan fingerprint density at radius 1 is 1.45 bits per heavy atom. The van der Waals surface area contributed by atoms with E-state index in [1.165, 1.54) is 6.92 Å². The summed E-state index contributed by atoms with van der Waals surface area (Å²) in [5.41, 5.74) is 0.0974. The molecule has 0 aromatic carbocycles. The van der Waals surface area contributed by atoms with E-state index >= 15 is 0 Å². The summed E-state index contributed by atoms with van der Waals surface area (Å²) in [6, 6.07) is 0. The van der Waals surface area contributed by atoms with E-state index in [2.05, 4.69) is 6.92 Å². The van der Waals surface area contributed by atoms with Gasteiger partial charge in [-0.15, -0.1) is 0 Å². The monoisotopic (exact) mass is 158 g/mol. The third-order valence-corrected chi connectivity index (χ3v) is 1.79. The molecule has 1 aliphatic rings. The summed E-state index contributed by atoms with van der Waals surface area (Å²) in [6.45, 7) is 4.38. The fraction of sp³-hybridized carbons (Fsp3) is 0.875. The zero-order valence-corrected chi connectivity index (χ0v) is 7.05. The standard InChI is InChI=1S/C8H14O3/c1-7(9)10-5-6-11-8(2)3-4-8/h3-6H2,1-2H3. The summed E-state index contributed by atoms with van der Waals surface area (Å²) in [4.78, 5) is 10.3. The molecule has 0 unspecified atom stereocenters. The third-order valence-electron chi connectivity index (χ3n) is 1.79. The van der Waals surface area contributed by atoms with Crippen molar-refractivity contribution in [2.24, 2.45) is 0 Å². The molecule has 0 amide bonds. The third kappa shape index (κ3) is 3.37. The first-order chi connectivity index (χ1) is 5.12. The summed E-state index contributed by atoms with van der Waals surface area (Å²) in [5, 5.41) is 0. The zero-order chi connectivity index (χ0) is 8.32. The topological polar surface area (TPSA) is 35.5 Å². The molecule has 0 aromatic rings. The number of hydrogen-bond donors (Lipinski definition) is 0. The van der Waals surface area contributed by atoms with Crippen LogP contribution in [0.3, 0.4) is 0 Å². The average molecular weight is 158 g/mol. The number of carbonyl (C=O) groups is 1. The molecule has 0 bridgehead atoms. The molecule has 3 heteroatoms. The van der Waals surface area contributed by atoms with Crippen molar-refractivity contribution >= 4 is 5.97 Å². The highest BCUT2D eigenvalue weighted by Gasteiger charge is 2.38. The van der Waals surface area contributed by atoms with E-state index in [1.54, 1.807) is 0 Å². The van der Waals surface area contributed by atoms with Crippen LogP contribution >= 0.6 is 0 Å². The lowest BCUT2D eigenvalue weighted by Gasteiger charge is -2.09. The molecule has 11 heavy (non-hydrogen) atoms. The second-order valence-electron chi connectivity index (χ2n) is 3.14. The van der Waals surface area contributed by atoms with Crippen molar-refractivity contribution in [3.8, 4) is 0 Å². The van der Waals surface area contributed by atoms with Gasteiger partial charge in [-0.1, -0.05) is 0 Å². The fourth-order valence-corrected chi connectivity index (χ4v) is 0.794. The van der Waals surface area contributed by atoms with E-state index in [4.69, 9.17) is 9.47 Å². The van der Waals surface area contributed by atoms with Crippen molar-refractivity contribution in [3.63, 3.8) is 0 Å². The quantitative estimate of drug-likeness (QED) is 0.454. The van der Waals surface area contributed by atoms with Gasteiger partial charge in [0.2, 0.25) is 0 Å². The van der Waals surface area contributed by atoms with Crippen molar-refractivity contribution < 1.29 is 14.3 Å². The Balaban J connectivity index is 1.92. The van der Waals surface area contributed by atoms with E-state index in [1.807, 2.05) is 0 Å². The largest absolute Gasteiger partial charge is 0.463 e. The molecule has 0 aromatic heterocycles. The van der Waals surface area contributed by atoms with Crippen LogP contribution in [0.2, 0.25) is 0 Å². The lowest BCUT2D eigenvalue weighted by atomic mass is 10.4. The van der Waals surface area contributed by atoms with Crippen LogP contribution in [0.1, 0.15) is 26.7 Å². The van der Waals surface area contributed by atoms with Gasteiger partial charge in [0.15, 0.2) is 0 Å². The smallest absolute Gasteiger partial charge is 0.302 e. The van der Waals surface area contributed by atoms with Crippen molar-refractivity contribution in [2.75, 3.05) is 13.2 Å². The summed E-state index contributed by atoms with van der Waals surface area (Å²) >= 11 is 0. The van der Waals surface area contributed by atoms with Gasteiger partial charge in [-0.2, -0.15) is 0 Å². The van der Waals surface area contributed by atoms with E-state index in [-0.39, 0.29) is 11.6 Å². The SMILES string of the molecule is CC(=O)OCCOC1(C)CC1. The highest BCUT2D eigenvalue weighted by atomic mass is 16.6. The van der Waals surface area contributed by atoms with Crippen molar-refractivity contribution in [3.05, 3.63) is 0 Å². The second kappa shape index (κ2) is 3.22. The molecule has 1 saturated carbocycles.